The average molecular weight is 266 g/mol. The van der Waals surface area contributed by atoms with Gasteiger partial charge in [-0.3, -0.25) is 4.79 Å². The molecule has 0 aliphatic carbocycles. The topological polar surface area (TPSA) is 85.8 Å². The first-order chi connectivity index (χ1) is 8.58. The first-order valence-electron chi connectivity index (χ1n) is 5.30. The molecule has 1 atom stereocenters. The van der Waals surface area contributed by atoms with Crippen LogP contribution < -0.4 is 11.1 Å². The number of aromatic nitrogens is 3. The van der Waals surface area contributed by atoms with Crippen LogP contribution in [0.5, 0.6) is 0 Å². The van der Waals surface area contributed by atoms with Gasteiger partial charge in [0.1, 0.15) is 0 Å². The Labute approximate surface area is 109 Å². The van der Waals surface area contributed by atoms with Crippen LogP contribution in [0.2, 0.25) is 5.02 Å². The van der Waals surface area contributed by atoms with Crippen LogP contribution in [-0.2, 0) is 4.79 Å². The van der Waals surface area contributed by atoms with Crippen molar-refractivity contribution in [2.75, 3.05) is 5.32 Å². The third kappa shape index (κ3) is 2.66. The molecule has 2 rings (SSSR count). The van der Waals surface area contributed by atoms with Gasteiger partial charge in [0.15, 0.2) is 5.82 Å². The monoisotopic (exact) mass is 265 g/mol. The highest BCUT2D eigenvalue weighted by molar-refractivity contribution is 6.32. The first-order valence-corrected chi connectivity index (χ1v) is 5.67. The van der Waals surface area contributed by atoms with Crippen molar-refractivity contribution in [2.24, 2.45) is 5.73 Å². The summed E-state index contributed by atoms with van der Waals surface area (Å²) in [6.07, 6.45) is 4.74. The van der Waals surface area contributed by atoms with Crippen molar-refractivity contribution in [3.8, 4) is 5.82 Å². The highest BCUT2D eigenvalue weighted by atomic mass is 35.5. The number of halogens is 1. The summed E-state index contributed by atoms with van der Waals surface area (Å²) in [7, 11) is 0. The summed E-state index contributed by atoms with van der Waals surface area (Å²) in [5.74, 6) is 0.224. The summed E-state index contributed by atoms with van der Waals surface area (Å²) in [5.41, 5.74) is 5.99. The lowest BCUT2D eigenvalue weighted by Crippen LogP contribution is -2.32. The maximum atomic E-state index is 11.4. The molecule has 0 saturated carbocycles. The fourth-order valence-electron chi connectivity index (χ4n) is 1.31. The molecule has 1 amide bonds. The Balaban J connectivity index is 2.21. The van der Waals surface area contributed by atoms with Gasteiger partial charge in [0, 0.05) is 6.20 Å². The highest BCUT2D eigenvalue weighted by Gasteiger charge is 2.10. The SMILES string of the molecule is C[C@@H](N)C(=O)Nc1cnn(-c2ncccc2Cl)c1. The van der Waals surface area contributed by atoms with Crippen LogP contribution >= 0.6 is 11.6 Å². The molecule has 94 valence electrons. The minimum absolute atomic E-state index is 0.276. The largest absolute Gasteiger partial charge is 0.322 e. The van der Waals surface area contributed by atoms with Crippen molar-refractivity contribution in [1.82, 2.24) is 14.8 Å². The molecule has 0 aliphatic heterocycles. The van der Waals surface area contributed by atoms with Crippen LogP contribution in [0.3, 0.4) is 0 Å². The quantitative estimate of drug-likeness (QED) is 0.873. The van der Waals surface area contributed by atoms with Gasteiger partial charge in [0.05, 0.1) is 29.1 Å². The molecular formula is C11H12ClN5O. The minimum atomic E-state index is -0.577. The summed E-state index contributed by atoms with van der Waals surface area (Å²) in [4.78, 5) is 15.5. The molecular weight excluding hydrogens is 254 g/mol. The van der Waals surface area contributed by atoms with E-state index in [1.54, 1.807) is 31.5 Å². The van der Waals surface area contributed by atoms with Gasteiger partial charge in [-0.15, -0.1) is 0 Å². The molecule has 18 heavy (non-hydrogen) atoms. The summed E-state index contributed by atoms with van der Waals surface area (Å²) in [6, 6.07) is 2.87. The molecule has 0 fully saturated rings. The first kappa shape index (κ1) is 12.5. The number of nitrogens with two attached hydrogens (primary N) is 1. The van der Waals surface area contributed by atoms with E-state index in [0.29, 0.717) is 16.5 Å². The van der Waals surface area contributed by atoms with E-state index in [2.05, 4.69) is 15.4 Å². The second-order valence-corrected chi connectivity index (χ2v) is 4.17. The van der Waals surface area contributed by atoms with Crippen molar-refractivity contribution in [3.05, 3.63) is 35.7 Å². The molecule has 0 saturated heterocycles. The van der Waals surface area contributed by atoms with E-state index in [0.717, 1.165) is 0 Å². The van der Waals surface area contributed by atoms with Crippen LogP contribution in [0.1, 0.15) is 6.92 Å². The standard InChI is InChI=1S/C11H12ClN5O/c1-7(13)11(18)16-8-5-15-17(6-8)10-9(12)3-2-4-14-10/h2-7H,13H2,1H3,(H,16,18)/t7-/m1/s1. The van der Waals surface area contributed by atoms with E-state index in [-0.39, 0.29) is 5.91 Å². The van der Waals surface area contributed by atoms with Gasteiger partial charge in [-0.05, 0) is 19.1 Å². The van der Waals surface area contributed by atoms with Crippen molar-refractivity contribution >= 4 is 23.2 Å². The zero-order valence-corrected chi connectivity index (χ0v) is 10.4. The van der Waals surface area contributed by atoms with Gasteiger partial charge in [-0.2, -0.15) is 5.10 Å². The Morgan fingerprint density at radius 2 is 2.39 bits per heavy atom. The number of hydrogen-bond acceptors (Lipinski definition) is 4. The van der Waals surface area contributed by atoms with Crippen LogP contribution in [0, 0.1) is 0 Å². The van der Waals surface area contributed by atoms with E-state index in [4.69, 9.17) is 17.3 Å². The molecule has 0 aliphatic rings. The number of nitrogens with one attached hydrogen (secondary N) is 1. The number of hydrogen-bond donors (Lipinski definition) is 2. The molecule has 6 nitrogen and oxygen atoms in total. The summed E-state index contributed by atoms with van der Waals surface area (Å²) in [5, 5.41) is 7.18. The fourth-order valence-corrected chi connectivity index (χ4v) is 1.51. The van der Waals surface area contributed by atoms with Crippen molar-refractivity contribution in [3.63, 3.8) is 0 Å². The van der Waals surface area contributed by atoms with Crippen molar-refractivity contribution in [2.45, 2.75) is 13.0 Å². The van der Waals surface area contributed by atoms with E-state index in [1.165, 1.54) is 10.9 Å². The third-order valence-corrected chi connectivity index (χ3v) is 2.51. The lowest BCUT2D eigenvalue weighted by molar-refractivity contribution is -0.117. The molecule has 0 aromatic carbocycles. The maximum Gasteiger partial charge on any atom is 0.241 e. The molecule has 2 aromatic heterocycles. The van der Waals surface area contributed by atoms with E-state index in [1.807, 2.05) is 0 Å². The van der Waals surface area contributed by atoms with Gasteiger partial charge in [0.25, 0.3) is 0 Å². The number of carbonyl (C=O) groups excluding carboxylic acids is 1. The summed E-state index contributed by atoms with van der Waals surface area (Å²) >= 11 is 5.99. The summed E-state index contributed by atoms with van der Waals surface area (Å²) in [6.45, 7) is 1.61. The Hall–Kier alpha value is -1.92. The Kier molecular flexibility index (Phi) is 3.59. The van der Waals surface area contributed by atoms with Crippen LogP contribution in [0.4, 0.5) is 5.69 Å². The van der Waals surface area contributed by atoms with Crippen LogP contribution in [0.15, 0.2) is 30.7 Å². The van der Waals surface area contributed by atoms with Crippen LogP contribution in [-0.4, -0.2) is 26.7 Å². The maximum absolute atomic E-state index is 11.4. The number of pyridine rings is 1. The second-order valence-electron chi connectivity index (χ2n) is 3.76. The number of rotatable bonds is 3. The minimum Gasteiger partial charge on any atom is -0.322 e. The Morgan fingerprint density at radius 1 is 1.61 bits per heavy atom. The molecule has 0 radical (unpaired) electrons. The number of anilines is 1. The second kappa shape index (κ2) is 5.16. The van der Waals surface area contributed by atoms with E-state index >= 15 is 0 Å². The van der Waals surface area contributed by atoms with Gasteiger partial charge in [-0.25, -0.2) is 9.67 Å². The lowest BCUT2D eigenvalue weighted by atomic mass is 10.3. The molecule has 2 aromatic rings. The number of amides is 1. The lowest BCUT2D eigenvalue weighted by Gasteiger charge is -2.04. The molecule has 2 heterocycles. The Morgan fingerprint density at radius 3 is 3.06 bits per heavy atom. The predicted molar refractivity (Wildman–Crippen MR) is 68.6 cm³/mol. The predicted octanol–water partition coefficient (Wildman–Crippen LogP) is 1.21. The zero-order chi connectivity index (χ0) is 13.1. The average Bonchev–Trinajstić information content (AvgIpc) is 2.77. The van der Waals surface area contributed by atoms with Gasteiger partial charge < -0.3 is 11.1 Å². The van der Waals surface area contributed by atoms with Crippen molar-refractivity contribution < 1.29 is 4.79 Å². The van der Waals surface area contributed by atoms with E-state index < -0.39 is 6.04 Å². The molecule has 0 spiro atoms. The normalized spacial score (nSPS) is 12.2. The molecule has 0 unspecified atom stereocenters. The fraction of sp³-hybridized carbons (Fsp3) is 0.182. The van der Waals surface area contributed by atoms with Gasteiger partial charge >= 0.3 is 0 Å². The van der Waals surface area contributed by atoms with Crippen LogP contribution in [0.25, 0.3) is 5.82 Å². The van der Waals surface area contributed by atoms with Gasteiger partial charge in [-0.1, -0.05) is 11.6 Å². The molecule has 0 bridgehead atoms. The molecule has 7 heteroatoms. The number of nitrogens with zero attached hydrogens (tertiary/aromatic N) is 3. The summed E-state index contributed by atoms with van der Waals surface area (Å²) < 4.78 is 1.49. The van der Waals surface area contributed by atoms with Gasteiger partial charge in [0.2, 0.25) is 5.91 Å². The molecule has 3 N–H and O–H groups in total. The van der Waals surface area contributed by atoms with E-state index in [9.17, 15) is 4.79 Å². The highest BCUT2D eigenvalue weighted by Crippen LogP contribution is 2.17. The third-order valence-electron chi connectivity index (χ3n) is 2.22. The smallest absolute Gasteiger partial charge is 0.241 e. The van der Waals surface area contributed by atoms with Crippen molar-refractivity contribution in [1.29, 1.82) is 0 Å². The number of carbonyl (C=O) groups is 1. The Bertz CT molecular complexity index is 566. The zero-order valence-electron chi connectivity index (χ0n) is 9.67.